The highest BCUT2D eigenvalue weighted by Gasteiger charge is 2.54. The van der Waals surface area contributed by atoms with Crippen molar-refractivity contribution >= 4 is 11.8 Å². The smallest absolute Gasteiger partial charge is 0.213 e. The van der Waals surface area contributed by atoms with E-state index < -0.39 is 0 Å². The summed E-state index contributed by atoms with van der Waals surface area (Å²) >= 11 is 1.69. The summed E-state index contributed by atoms with van der Waals surface area (Å²) in [5.41, 5.74) is 6.56. The fourth-order valence-corrected chi connectivity index (χ4v) is 3.99. The molecule has 1 aliphatic heterocycles. The molecule has 2 heterocycles. The van der Waals surface area contributed by atoms with Crippen molar-refractivity contribution < 1.29 is 4.74 Å². The number of likely N-dealkylation sites (tertiary alicyclic amines) is 1. The second-order valence-corrected chi connectivity index (χ2v) is 7.70. The lowest BCUT2D eigenvalue weighted by Crippen LogP contribution is -2.35. The van der Waals surface area contributed by atoms with Gasteiger partial charge in [-0.15, -0.1) is 11.8 Å². The quantitative estimate of drug-likeness (QED) is 0.816. The van der Waals surface area contributed by atoms with Crippen LogP contribution in [0.5, 0.6) is 5.88 Å². The monoisotopic (exact) mass is 321 g/mol. The molecule has 1 saturated carbocycles. The Morgan fingerprint density at radius 3 is 2.82 bits per heavy atom. The van der Waals surface area contributed by atoms with Crippen LogP contribution in [0.3, 0.4) is 0 Å². The van der Waals surface area contributed by atoms with Crippen molar-refractivity contribution in [3.8, 4) is 5.88 Å². The molecule has 3 rings (SSSR count). The summed E-state index contributed by atoms with van der Waals surface area (Å²) in [5.74, 6) is 2.23. The molecule has 1 aromatic heterocycles. The minimum Gasteiger partial charge on any atom is -0.478 e. The fourth-order valence-electron chi connectivity index (χ4n) is 3.62. The van der Waals surface area contributed by atoms with Gasteiger partial charge in [-0.05, 0) is 70.0 Å². The molecule has 0 bridgehead atoms. The van der Waals surface area contributed by atoms with Crippen molar-refractivity contribution in [3.05, 3.63) is 18.3 Å². The zero-order valence-corrected chi connectivity index (χ0v) is 14.4. The highest BCUT2D eigenvalue weighted by molar-refractivity contribution is 7.98. The first kappa shape index (κ1) is 16.1. The molecule has 2 fully saturated rings. The van der Waals surface area contributed by atoms with Crippen LogP contribution < -0.4 is 10.5 Å². The fraction of sp³-hybridized carbons (Fsp3) is 0.706. The molecule has 0 aromatic carbocycles. The first-order valence-corrected chi connectivity index (χ1v) is 9.43. The molecule has 0 amide bonds. The largest absolute Gasteiger partial charge is 0.478 e. The number of thioether (sulfide) groups is 1. The highest BCUT2D eigenvalue weighted by Crippen LogP contribution is 2.51. The predicted molar refractivity (Wildman–Crippen MR) is 91.4 cm³/mol. The van der Waals surface area contributed by atoms with E-state index in [2.05, 4.69) is 16.9 Å². The van der Waals surface area contributed by atoms with Crippen LogP contribution in [-0.2, 0) is 0 Å². The maximum atomic E-state index is 6.55. The van der Waals surface area contributed by atoms with Crippen molar-refractivity contribution in [1.82, 2.24) is 9.88 Å². The van der Waals surface area contributed by atoms with Crippen LogP contribution in [0.15, 0.2) is 23.2 Å². The predicted octanol–water partition coefficient (Wildman–Crippen LogP) is 2.63. The van der Waals surface area contributed by atoms with Crippen molar-refractivity contribution in [1.29, 1.82) is 0 Å². The van der Waals surface area contributed by atoms with E-state index in [-0.39, 0.29) is 5.54 Å². The van der Waals surface area contributed by atoms with Crippen molar-refractivity contribution in [2.24, 2.45) is 17.6 Å². The Labute approximate surface area is 137 Å². The number of hydrogen-bond donors (Lipinski definition) is 1. The number of ether oxygens (including phenoxy) is 1. The Balaban J connectivity index is 1.42. The first-order valence-electron chi connectivity index (χ1n) is 8.21. The van der Waals surface area contributed by atoms with Gasteiger partial charge in [-0.25, -0.2) is 4.98 Å². The molecule has 4 nitrogen and oxygen atoms in total. The second-order valence-electron chi connectivity index (χ2n) is 6.82. The lowest BCUT2D eigenvalue weighted by atomic mass is 9.89. The maximum absolute atomic E-state index is 6.55. The number of nitrogens with zero attached hydrogens (tertiary/aromatic N) is 2. The lowest BCUT2D eigenvalue weighted by molar-refractivity contribution is 0.191. The van der Waals surface area contributed by atoms with Crippen LogP contribution in [0.2, 0.25) is 0 Å². The number of rotatable bonds is 6. The Morgan fingerprint density at radius 1 is 1.41 bits per heavy atom. The zero-order valence-electron chi connectivity index (χ0n) is 13.6. The average Bonchev–Trinajstić information content (AvgIpc) is 3.20. The van der Waals surface area contributed by atoms with E-state index in [1.165, 1.54) is 32.4 Å². The van der Waals surface area contributed by atoms with Gasteiger partial charge in [0.2, 0.25) is 5.88 Å². The Bertz CT molecular complexity index is 487. The summed E-state index contributed by atoms with van der Waals surface area (Å²) in [5, 5.41) is 0. The molecule has 5 heteroatoms. The third-order valence-corrected chi connectivity index (χ3v) is 5.99. The van der Waals surface area contributed by atoms with Gasteiger partial charge in [0.25, 0.3) is 0 Å². The van der Waals surface area contributed by atoms with Crippen molar-refractivity contribution in [3.63, 3.8) is 0 Å². The molecule has 0 spiro atoms. The van der Waals surface area contributed by atoms with E-state index in [9.17, 15) is 0 Å². The summed E-state index contributed by atoms with van der Waals surface area (Å²) in [4.78, 5) is 7.90. The molecule has 2 N–H and O–H groups in total. The van der Waals surface area contributed by atoms with Gasteiger partial charge >= 0.3 is 0 Å². The summed E-state index contributed by atoms with van der Waals surface area (Å²) in [6, 6.07) is 3.99. The molecule has 22 heavy (non-hydrogen) atoms. The summed E-state index contributed by atoms with van der Waals surface area (Å²) in [6.07, 6.45) is 8.62. The van der Waals surface area contributed by atoms with Gasteiger partial charge in [0.05, 0.1) is 6.61 Å². The van der Waals surface area contributed by atoms with Crippen LogP contribution in [0.1, 0.15) is 25.7 Å². The minimum atomic E-state index is 0.0137. The number of aromatic nitrogens is 1. The van der Waals surface area contributed by atoms with E-state index >= 15 is 0 Å². The molecule has 1 aliphatic carbocycles. The van der Waals surface area contributed by atoms with E-state index in [1.54, 1.807) is 11.8 Å². The number of nitrogens with two attached hydrogens (primary N) is 1. The molecule has 2 unspecified atom stereocenters. The average molecular weight is 321 g/mol. The maximum Gasteiger partial charge on any atom is 0.213 e. The van der Waals surface area contributed by atoms with Gasteiger partial charge < -0.3 is 15.4 Å². The standard InChI is InChI=1S/C17H27N3OS/c1-20-8-5-13(6-9-20)15-11-17(15,18)7-10-21-16-4-3-14(22-2)12-19-16/h3-4,12-13,15H,5-11,18H2,1-2H3. The Morgan fingerprint density at radius 2 is 2.18 bits per heavy atom. The molecule has 0 radical (unpaired) electrons. The van der Waals surface area contributed by atoms with Gasteiger partial charge in [-0.1, -0.05) is 0 Å². The SMILES string of the molecule is CSc1ccc(OCCC2(N)CC2C2CCN(C)CC2)nc1. The van der Waals surface area contributed by atoms with Crippen molar-refractivity contribution in [2.45, 2.75) is 36.1 Å². The summed E-state index contributed by atoms with van der Waals surface area (Å²) in [7, 11) is 2.21. The first-order chi connectivity index (χ1) is 10.6. The second kappa shape index (κ2) is 6.77. The number of hydrogen-bond acceptors (Lipinski definition) is 5. The topological polar surface area (TPSA) is 51.4 Å². The van der Waals surface area contributed by atoms with Gasteiger partial charge in [0.1, 0.15) is 0 Å². The van der Waals surface area contributed by atoms with Gasteiger partial charge in [0.15, 0.2) is 0 Å². The Hall–Kier alpha value is -0.780. The van der Waals surface area contributed by atoms with E-state index in [1.807, 2.05) is 24.6 Å². The molecular formula is C17H27N3OS. The molecule has 1 aromatic rings. The third-order valence-electron chi connectivity index (χ3n) is 5.27. The molecule has 1 saturated heterocycles. The molecule has 2 atom stereocenters. The lowest BCUT2D eigenvalue weighted by Gasteiger charge is -2.30. The number of piperidine rings is 1. The van der Waals surface area contributed by atoms with Crippen LogP contribution in [0.4, 0.5) is 0 Å². The van der Waals surface area contributed by atoms with E-state index in [4.69, 9.17) is 10.5 Å². The highest BCUT2D eigenvalue weighted by atomic mass is 32.2. The van der Waals surface area contributed by atoms with Crippen LogP contribution in [0, 0.1) is 11.8 Å². The third kappa shape index (κ3) is 3.76. The normalized spacial score (nSPS) is 29.5. The van der Waals surface area contributed by atoms with Gasteiger partial charge in [-0.2, -0.15) is 0 Å². The molecule has 2 aliphatic rings. The minimum absolute atomic E-state index is 0.0137. The summed E-state index contributed by atoms with van der Waals surface area (Å²) in [6.45, 7) is 3.12. The molecule has 122 valence electrons. The summed E-state index contributed by atoms with van der Waals surface area (Å²) < 4.78 is 5.77. The number of pyridine rings is 1. The van der Waals surface area contributed by atoms with Gasteiger partial charge in [0, 0.05) is 22.7 Å². The van der Waals surface area contributed by atoms with Gasteiger partial charge in [-0.3, -0.25) is 0 Å². The van der Waals surface area contributed by atoms with Crippen molar-refractivity contribution in [2.75, 3.05) is 33.0 Å². The van der Waals surface area contributed by atoms with Crippen LogP contribution >= 0.6 is 11.8 Å². The van der Waals surface area contributed by atoms with E-state index in [0.29, 0.717) is 18.4 Å². The molecular weight excluding hydrogens is 294 g/mol. The zero-order chi connectivity index (χ0) is 15.6. The van der Waals surface area contributed by atoms with E-state index in [0.717, 1.165) is 17.2 Å². The van der Waals surface area contributed by atoms with Crippen LogP contribution in [-0.4, -0.2) is 48.4 Å². The van der Waals surface area contributed by atoms with Crippen LogP contribution in [0.25, 0.3) is 0 Å². The Kier molecular flexibility index (Phi) is 4.95.